The van der Waals surface area contributed by atoms with Gasteiger partial charge >= 0.3 is 0 Å². The molecule has 4 aromatic heterocycles. The Morgan fingerprint density at radius 1 is 0.981 bits per heavy atom. The van der Waals surface area contributed by atoms with Gasteiger partial charge in [-0.05, 0) is 38.5 Å². The third-order valence-corrected chi connectivity index (χ3v) is 8.82. The second-order valence-corrected chi connectivity index (χ2v) is 12.2. The highest BCUT2D eigenvalue weighted by Crippen LogP contribution is 2.31. The molecule has 5 aromatic rings. The lowest BCUT2D eigenvalue weighted by Gasteiger charge is -2.26. The zero-order valence-electron chi connectivity index (χ0n) is 29.4. The van der Waals surface area contributed by atoms with Crippen molar-refractivity contribution in [2.45, 2.75) is 39.9 Å². The second kappa shape index (κ2) is 15.5. The van der Waals surface area contributed by atoms with Crippen molar-refractivity contribution in [2.24, 2.45) is 11.5 Å². The molecule has 0 saturated carbocycles. The summed E-state index contributed by atoms with van der Waals surface area (Å²) in [5, 5.41) is 10.3. The van der Waals surface area contributed by atoms with Crippen molar-refractivity contribution in [3.8, 4) is 5.75 Å². The van der Waals surface area contributed by atoms with E-state index in [2.05, 4.69) is 30.6 Å². The van der Waals surface area contributed by atoms with Gasteiger partial charge in [-0.1, -0.05) is 12.2 Å². The second-order valence-electron chi connectivity index (χ2n) is 12.2. The van der Waals surface area contributed by atoms with Gasteiger partial charge in [0.15, 0.2) is 5.65 Å². The summed E-state index contributed by atoms with van der Waals surface area (Å²) in [6.07, 6.45) is 5.97. The zero-order chi connectivity index (χ0) is 36.9. The number of carbonyl (C=O) groups excluding carboxylic acids is 3. The average Bonchev–Trinajstić information content (AvgIpc) is 3.77. The smallest absolute Gasteiger partial charge is 0.278 e. The fourth-order valence-corrected chi connectivity index (χ4v) is 6.14. The van der Waals surface area contributed by atoms with Gasteiger partial charge in [-0.15, -0.1) is 0 Å². The van der Waals surface area contributed by atoms with Crippen LogP contribution in [-0.2, 0) is 24.4 Å². The number of nitrogens with zero attached hydrogens (tertiary/aromatic N) is 8. The summed E-state index contributed by atoms with van der Waals surface area (Å²) in [4.78, 5) is 53.6. The maximum atomic E-state index is 13.5. The average molecular weight is 714 g/mol. The number of nitrogens with one attached hydrogen (secondary N) is 2. The molecule has 0 aliphatic carbocycles. The molecule has 1 fully saturated rings. The number of primary amides is 2. The number of pyridine rings is 1. The van der Waals surface area contributed by atoms with Crippen molar-refractivity contribution in [1.82, 2.24) is 38.8 Å². The van der Waals surface area contributed by atoms with E-state index in [-0.39, 0.29) is 29.4 Å². The maximum Gasteiger partial charge on any atom is 0.278 e. The Bertz CT molecular complexity index is 2160. The summed E-state index contributed by atoms with van der Waals surface area (Å²) >= 11 is 0. The lowest BCUT2D eigenvalue weighted by molar-refractivity contribution is 0.0358. The van der Waals surface area contributed by atoms with Gasteiger partial charge in [0.1, 0.15) is 22.5 Å². The van der Waals surface area contributed by atoms with Crippen LogP contribution in [0.5, 0.6) is 5.75 Å². The zero-order valence-corrected chi connectivity index (χ0v) is 29.4. The van der Waals surface area contributed by atoms with Gasteiger partial charge in [-0.25, -0.2) is 15.0 Å². The third kappa shape index (κ3) is 7.38. The number of nitrogen functional groups attached to an aromatic ring is 1. The van der Waals surface area contributed by atoms with Gasteiger partial charge in [0.25, 0.3) is 5.91 Å². The molecule has 8 N–H and O–H groups in total. The van der Waals surface area contributed by atoms with Gasteiger partial charge < -0.3 is 36.6 Å². The van der Waals surface area contributed by atoms with Crippen LogP contribution in [-0.4, -0.2) is 103 Å². The lowest BCUT2D eigenvalue weighted by atomic mass is 10.1. The van der Waals surface area contributed by atoms with Crippen molar-refractivity contribution < 1.29 is 23.9 Å². The quantitative estimate of drug-likeness (QED) is 0.0770. The third-order valence-electron chi connectivity index (χ3n) is 8.82. The summed E-state index contributed by atoms with van der Waals surface area (Å²) in [5.74, 6) is -0.481. The monoisotopic (exact) mass is 713 g/mol. The molecular formula is C34H43N13O5. The Morgan fingerprint density at radius 2 is 1.67 bits per heavy atom. The number of carbonyl (C=O) groups is 3. The van der Waals surface area contributed by atoms with Gasteiger partial charge in [-0.2, -0.15) is 5.10 Å². The van der Waals surface area contributed by atoms with Crippen LogP contribution in [0, 0.1) is 6.92 Å². The fraction of sp³-hybridized carbons (Fsp3) is 0.382. The van der Waals surface area contributed by atoms with E-state index in [1.54, 1.807) is 30.7 Å². The number of morpholine rings is 1. The molecule has 5 heterocycles. The standard InChI is InChI=1S/C34H43N13O5/c1-4-47-28(26(35)20(2)43-47)32(50)42-34-41-24-17-22(30(37)49)19-39-31(24)46(34)10-6-5-9-45-27-23(40-33(45)38-3)16-21(29(36)48)18-25(27)52-13-7-8-44-11-14-51-15-12-44/h5-6,16-19H,4,7-15,35H2,1-3H3,(H2,36,48)(H2,37,49)(H,38,40)(H,41,42,50)/b6-5+. The molecule has 1 aliphatic rings. The van der Waals surface area contributed by atoms with Crippen LogP contribution >= 0.6 is 0 Å². The van der Waals surface area contributed by atoms with E-state index in [0.29, 0.717) is 64.8 Å². The predicted octanol–water partition coefficient (Wildman–Crippen LogP) is 1.74. The van der Waals surface area contributed by atoms with E-state index in [1.165, 1.54) is 16.9 Å². The van der Waals surface area contributed by atoms with Crippen LogP contribution in [0.3, 0.4) is 0 Å². The van der Waals surface area contributed by atoms with Crippen LogP contribution in [0.1, 0.15) is 50.2 Å². The molecule has 1 aliphatic heterocycles. The summed E-state index contributed by atoms with van der Waals surface area (Å²) in [7, 11) is 1.76. The summed E-state index contributed by atoms with van der Waals surface area (Å²) in [6, 6.07) is 4.82. The van der Waals surface area contributed by atoms with Crippen LogP contribution in [0.4, 0.5) is 17.6 Å². The lowest BCUT2D eigenvalue weighted by Crippen LogP contribution is -2.37. The number of amides is 3. The fourth-order valence-electron chi connectivity index (χ4n) is 6.14. The molecular weight excluding hydrogens is 670 g/mol. The normalized spacial score (nSPS) is 13.7. The topological polar surface area (TPSA) is 241 Å². The Hall–Kier alpha value is -6.01. The molecule has 0 bridgehead atoms. The van der Waals surface area contributed by atoms with Gasteiger partial charge in [0, 0.05) is 58.1 Å². The molecule has 6 rings (SSSR count). The van der Waals surface area contributed by atoms with Crippen molar-refractivity contribution in [3.05, 3.63) is 59.1 Å². The SMILES string of the molecule is CCn1nc(C)c(N)c1C(=O)Nc1nc2cc(C(N)=O)cnc2n1C/C=C/Cn1c(NC)nc2cc(C(N)=O)cc(OCCCN3CCOCC3)c21. The molecule has 52 heavy (non-hydrogen) atoms. The number of aryl methyl sites for hydroxylation is 2. The minimum Gasteiger partial charge on any atom is -0.491 e. The molecule has 1 saturated heterocycles. The summed E-state index contributed by atoms with van der Waals surface area (Å²) in [5.41, 5.74) is 20.9. The van der Waals surface area contributed by atoms with Gasteiger partial charge in [-0.3, -0.25) is 33.8 Å². The minimum atomic E-state index is -0.652. The molecule has 18 heteroatoms. The number of benzene rings is 1. The van der Waals surface area contributed by atoms with Crippen molar-refractivity contribution in [3.63, 3.8) is 0 Å². The van der Waals surface area contributed by atoms with Crippen LogP contribution in [0.15, 0.2) is 36.5 Å². The first-order valence-corrected chi connectivity index (χ1v) is 17.0. The number of nitrogens with two attached hydrogens (primary N) is 3. The van der Waals surface area contributed by atoms with E-state index in [4.69, 9.17) is 31.7 Å². The molecule has 0 unspecified atom stereocenters. The van der Waals surface area contributed by atoms with Crippen molar-refractivity contribution in [2.75, 3.05) is 62.9 Å². The van der Waals surface area contributed by atoms with E-state index in [0.717, 1.165) is 39.3 Å². The van der Waals surface area contributed by atoms with E-state index >= 15 is 0 Å². The first-order valence-electron chi connectivity index (χ1n) is 17.0. The van der Waals surface area contributed by atoms with E-state index < -0.39 is 17.7 Å². The Labute approximate surface area is 298 Å². The van der Waals surface area contributed by atoms with E-state index in [1.807, 2.05) is 23.6 Å². The highest BCUT2D eigenvalue weighted by molar-refractivity contribution is 6.06. The molecule has 1 aromatic carbocycles. The number of hydrogen-bond donors (Lipinski definition) is 5. The first kappa shape index (κ1) is 35.8. The number of aromatic nitrogens is 7. The first-order chi connectivity index (χ1) is 25.1. The minimum absolute atomic E-state index is 0.180. The highest BCUT2D eigenvalue weighted by atomic mass is 16.5. The highest BCUT2D eigenvalue weighted by Gasteiger charge is 2.23. The maximum absolute atomic E-state index is 13.5. The molecule has 274 valence electrons. The van der Waals surface area contributed by atoms with E-state index in [9.17, 15) is 14.4 Å². The number of rotatable bonds is 15. The van der Waals surface area contributed by atoms with Gasteiger partial charge in [0.05, 0.1) is 42.3 Å². The number of fused-ring (bicyclic) bond motifs is 2. The number of anilines is 3. The van der Waals surface area contributed by atoms with Crippen molar-refractivity contribution >= 4 is 57.5 Å². The Kier molecular flexibility index (Phi) is 10.7. The van der Waals surface area contributed by atoms with Crippen LogP contribution < -0.4 is 32.6 Å². The number of imidazole rings is 2. The van der Waals surface area contributed by atoms with Gasteiger partial charge in [0.2, 0.25) is 23.7 Å². The number of allylic oxidation sites excluding steroid dienone is 2. The molecule has 0 spiro atoms. The largest absolute Gasteiger partial charge is 0.491 e. The number of ether oxygens (including phenoxy) is 2. The predicted molar refractivity (Wildman–Crippen MR) is 195 cm³/mol. The van der Waals surface area contributed by atoms with Crippen molar-refractivity contribution in [1.29, 1.82) is 0 Å². The molecule has 0 atom stereocenters. The Morgan fingerprint density at radius 3 is 2.37 bits per heavy atom. The molecule has 18 nitrogen and oxygen atoms in total. The summed E-state index contributed by atoms with van der Waals surface area (Å²) < 4.78 is 16.9. The van der Waals surface area contributed by atoms with Crippen LogP contribution in [0.25, 0.3) is 22.2 Å². The Balaban J connectivity index is 1.27. The molecule has 3 amide bonds. The summed E-state index contributed by atoms with van der Waals surface area (Å²) in [6.45, 7) is 9.16. The van der Waals surface area contributed by atoms with Crippen LogP contribution in [0.2, 0.25) is 0 Å². The number of hydrogen-bond acceptors (Lipinski definition) is 12. The molecule has 0 radical (unpaired) electrons.